The van der Waals surface area contributed by atoms with Crippen molar-refractivity contribution in [3.8, 4) is 6.07 Å². The van der Waals surface area contributed by atoms with Gasteiger partial charge in [-0.1, -0.05) is 33.8 Å². The lowest BCUT2D eigenvalue weighted by Crippen LogP contribution is -2.36. The molecule has 5 nitrogen and oxygen atoms in total. The van der Waals surface area contributed by atoms with Crippen LogP contribution in [0, 0.1) is 17.2 Å². The van der Waals surface area contributed by atoms with Crippen LogP contribution in [-0.2, 0) is 24.2 Å². The standard InChI is InChI=1S/C27H36N4O/c1-5-18(4)20-9-10-23(29)21(14-28)27(20)26-13-24-22(16-32-26)25(12-19(6-2)30-24)31-11-7-8-17(3)15-31/h9-10,12,17-18,26H,5-8,11,13,15-16,29H2,1-4H3. The zero-order chi connectivity index (χ0) is 22.8. The molecule has 0 radical (unpaired) electrons. The number of hydrogen-bond donors (Lipinski definition) is 1. The van der Waals surface area contributed by atoms with E-state index in [9.17, 15) is 5.26 Å². The minimum absolute atomic E-state index is 0.197. The van der Waals surface area contributed by atoms with Gasteiger partial charge in [-0.05, 0) is 55.2 Å². The number of nitrogens with two attached hydrogens (primary N) is 1. The van der Waals surface area contributed by atoms with Crippen LogP contribution in [0.2, 0.25) is 0 Å². The smallest absolute Gasteiger partial charge is 0.102 e. The normalized spacial score (nSPS) is 21.7. The molecule has 4 rings (SSSR count). The first-order valence-corrected chi connectivity index (χ1v) is 12.2. The highest BCUT2D eigenvalue weighted by molar-refractivity contribution is 5.63. The largest absolute Gasteiger partial charge is 0.398 e. The SMILES string of the molecule is CCc1cc(N2CCCC(C)C2)c2c(n1)CC(c1c(C(C)CC)ccc(N)c1C#N)OC2. The molecule has 0 bridgehead atoms. The Morgan fingerprint density at radius 1 is 1.34 bits per heavy atom. The van der Waals surface area contributed by atoms with E-state index in [1.807, 2.05) is 6.07 Å². The minimum Gasteiger partial charge on any atom is -0.398 e. The van der Waals surface area contributed by atoms with Crippen molar-refractivity contribution >= 4 is 11.4 Å². The fourth-order valence-corrected chi connectivity index (χ4v) is 5.24. The molecule has 170 valence electrons. The number of nitrogen functional groups attached to an aromatic ring is 1. The summed E-state index contributed by atoms with van der Waals surface area (Å²) in [6, 6.07) is 8.57. The number of aromatic nitrogens is 1. The molecular formula is C27H36N4O. The summed E-state index contributed by atoms with van der Waals surface area (Å²) in [5, 5.41) is 9.92. The number of nitriles is 1. The molecule has 5 heteroatoms. The third-order valence-electron chi connectivity index (χ3n) is 7.30. The minimum atomic E-state index is -0.197. The number of fused-ring (bicyclic) bond motifs is 1. The highest BCUT2D eigenvalue weighted by atomic mass is 16.5. The molecule has 3 unspecified atom stereocenters. The second-order valence-corrected chi connectivity index (χ2v) is 9.56. The van der Waals surface area contributed by atoms with Gasteiger partial charge in [0.05, 0.1) is 24.0 Å². The molecule has 1 aromatic carbocycles. The highest BCUT2D eigenvalue weighted by Crippen LogP contribution is 2.41. The summed E-state index contributed by atoms with van der Waals surface area (Å²) in [7, 11) is 0. The Balaban J connectivity index is 1.76. The summed E-state index contributed by atoms with van der Waals surface area (Å²) in [5.41, 5.74) is 14.2. The van der Waals surface area contributed by atoms with Gasteiger partial charge in [0.2, 0.25) is 0 Å². The zero-order valence-electron chi connectivity index (χ0n) is 19.9. The molecule has 2 N–H and O–H groups in total. The molecule has 2 aliphatic rings. The lowest BCUT2D eigenvalue weighted by Gasteiger charge is -2.37. The number of nitrogens with zero attached hydrogens (tertiary/aromatic N) is 3. The molecule has 2 aliphatic heterocycles. The van der Waals surface area contributed by atoms with Crippen molar-refractivity contribution in [3.63, 3.8) is 0 Å². The number of aryl methyl sites for hydroxylation is 1. The molecule has 1 aromatic heterocycles. The molecular weight excluding hydrogens is 396 g/mol. The summed E-state index contributed by atoms with van der Waals surface area (Å²) >= 11 is 0. The Morgan fingerprint density at radius 2 is 2.16 bits per heavy atom. The highest BCUT2D eigenvalue weighted by Gasteiger charge is 2.31. The van der Waals surface area contributed by atoms with E-state index in [0.29, 0.717) is 36.1 Å². The Hall–Kier alpha value is -2.58. The first-order valence-electron chi connectivity index (χ1n) is 12.2. The van der Waals surface area contributed by atoms with Crippen LogP contribution in [-0.4, -0.2) is 18.1 Å². The van der Waals surface area contributed by atoms with Gasteiger partial charge in [0.15, 0.2) is 0 Å². The fourth-order valence-electron chi connectivity index (χ4n) is 5.24. The van der Waals surface area contributed by atoms with Crippen LogP contribution in [0.3, 0.4) is 0 Å². The van der Waals surface area contributed by atoms with Crippen LogP contribution >= 0.6 is 0 Å². The number of piperidine rings is 1. The van der Waals surface area contributed by atoms with Crippen LogP contribution in [0.4, 0.5) is 11.4 Å². The molecule has 0 spiro atoms. The summed E-state index contributed by atoms with van der Waals surface area (Å²) in [6.45, 7) is 11.6. The Morgan fingerprint density at radius 3 is 2.84 bits per heavy atom. The van der Waals surface area contributed by atoms with Crippen LogP contribution < -0.4 is 10.6 Å². The number of ether oxygens (including phenoxy) is 1. The lowest BCUT2D eigenvalue weighted by atomic mass is 9.85. The predicted octanol–water partition coefficient (Wildman–Crippen LogP) is 5.66. The number of anilines is 2. The topological polar surface area (TPSA) is 75.2 Å². The van der Waals surface area contributed by atoms with Gasteiger partial charge in [-0.3, -0.25) is 4.98 Å². The molecule has 1 saturated heterocycles. The quantitative estimate of drug-likeness (QED) is 0.617. The second kappa shape index (κ2) is 9.50. The average Bonchev–Trinajstić information content (AvgIpc) is 2.82. The monoisotopic (exact) mass is 432 g/mol. The summed E-state index contributed by atoms with van der Waals surface area (Å²) in [5.74, 6) is 1.04. The maximum absolute atomic E-state index is 9.92. The van der Waals surface area contributed by atoms with Crippen molar-refractivity contribution in [3.05, 3.63) is 51.8 Å². The van der Waals surface area contributed by atoms with Gasteiger partial charge in [-0.2, -0.15) is 5.26 Å². The fraction of sp³-hybridized carbons (Fsp3) is 0.556. The number of benzene rings is 1. The van der Waals surface area contributed by atoms with Gasteiger partial charge in [0, 0.05) is 47.7 Å². The summed E-state index contributed by atoms with van der Waals surface area (Å²) < 4.78 is 6.48. The van der Waals surface area contributed by atoms with Crippen molar-refractivity contribution in [1.82, 2.24) is 4.98 Å². The van der Waals surface area contributed by atoms with E-state index >= 15 is 0 Å². The maximum Gasteiger partial charge on any atom is 0.102 e. The first-order chi connectivity index (χ1) is 15.5. The van der Waals surface area contributed by atoms with Gasteiger partial charge in [0.25, 0.3) is 0 Å². The van der Waals surface area contributed by atoms with Crippen molar-refractivity contribution in [2.24, 2.45) is 5.92 Å². The second-order valence-electron chi connectivity index (χ2n) is 9.56. The Kier molecular flexibility index (Phi) is 6.71. The molecule has 0 aliphatic carbocycles. The Labute approximate surface area is 192 Å². The van der Waals surface area contributed by atoms with Crippen molar-refractivity contribution < 1.29 is 4.74 Å². The third kappa shape index (κ3) is 4.21. The number of hydrogen-bond acceptors (Lipinski definition) is 5. The predicted molar refractivity (Wildman–Crippen MR) is 130 cm³/mol. The van der Waals surface area contributed by atoms with Gasteiger partial charge in [-0.25, -0.2) is 0 Å². The maximum atomic E-state index is 9.92. The van der Waals surface area contributed by atoms with E-state index in [-0.39, 0.29) is 6.10 Å². The van der Waals surface area contributed by atoms with Gasteiger partial charge < -0.3 is 15.4 Å². The first kappa shape index (κ1) is 22.6. The van der Waals surface area contributed by atoms with Crippen molar-refractivity contribution in [2.45, 2.75) is 78.4 Å². The lowest BCUT2D eigenvalue weighted by molar-refractivity contribution is 0.0253. The van der Waals surface area contributed by atoms with Crippen molar-refractivity contribution in [2.75, 3.05) is 23.7 Å². The van der Waals surface area contributed by atoms with E-state index in [2.05, 4.69) is 50.8 Å². The van der Waals surface area contributed by atoms with Crippen LogP contribution in [0.5, 0.6) is 0 Å². The molecule has 3 atom stereocenters. The van der Waals surface area contributed by atoms with E-state index in [1.165, 1.54) is 29.7 Å². The average molecular weight is 433 g/mol. The van der Waals surface area contributed by atoms with E-state index in [1.54, 1.807) is 0 Å². The number of rotatable bonds is 5. The molecule has 2 aromatic rings. The third-order valence-corrected chi connectivity index (χ3v) is 7.30. The van der Waals surface area contributed by atoms with Crippen LogP contribution in [0.25, 0.3) is 0 Å². The van der Waals surface area contributed by atoms with Gasteiger partial charge >= 0.3 is 0 Å². The summed E-state index contributed by atoms with van der Waals surface area (Å²) in [6.07, 6.45) is 4.93. The van der Waals surface area contributed by atoms with Gasteiger partial charge in [0.1, 0.15) is 6.07 Å². The number of pyridine rings is 1. The molecule has 0 saturated carbocycles. The van der Waals surface area contributed by atoms with E-state index in [4.69, 9.17) is 15.5 Å². The van der Waals surface area contributed by atoms with E-state index in [0.717, 1.165) is 42.9 Å². The summed E-state index contributed by atoms with van der Waals surface area (Å²) in [4.78, 5) is 7.56. The van der Waals surface area contributed by atoms with Crippen LogP contribution in [0.1, 0.15) is 92.6 Å². The molecule has 3 heterocycles. The van der Waals surface area contributed by atoms with Crippen LogP contribution in [0.15, 0.2) is 18.2 Å². The zero-order valence-corrected chi connectivity index (χ0v) is 19.9. The van der Waals surface area contributed by atoms with E-state index < -0.39 is 0 Å². The van der Waals surface area contributed by atoms with Gasteiger partial charge in [-0.15, -0.1) is 0 Å². The molecule has 0 amide bonds. The van der Waals surface area contributed by atoms with Crippen molar-refractivity contribution in [1.29, 1.82) is 5.26 Å². The molecule has 1 fully saturated rings. The Bertz CT molecular complexity index is 1030. The molecule has 32 heavy (non-hydrogen) atoms.